The molecule has 396 valence electrons. The van der Waals surface area contributed by atoms with Crippen LogP contribution < -0.4 is 32.7 Å². The molecule has 0 saturated heterocycles. The molecular weight excluding hydrogens is 917 g/mol. The molecule has 0 radical (unpaired) electrons. The van der Waals surface area contributed by atoms with Crippen molar-refractivity contribution in [3.05, 3.63) is 144 Å². The van der Waals surface area contributed by atoms with Crippen LogP contribution in [0.5, 0.6) is 0 Å². The fraction of sp³-hybridized carbons (Fsp3) is 0.441. The summed E-state index contributed by atoms with van der Waals surface area (Å²) in [7, 11) is 0. The van der Waals surface area contributed by atoms with E-state index in [0.717, 1.165) is 40.4 Å². The molecule has 9 N–H and O–H groups in total. The fourth-order valence-electron chi connectivity index (χ4n) is 8.35. The second-order valence-electron chi connectivity index (χ2n) is 17.7. The number of carbonyl (C=O) groups is 6. The maximum Gasteiger partial charge on any atom is 0.243 e. The molecule has 1 aliphatic rings. The topological polar surface area (TPSA) is 231 Å². The van der Waals surface area contributed by atoms with E-state index in [-0.39, 0.29) is 62.2 Å². The molecule has 4 aromatic carbocycles. The normalized spacial score (nSPS) is 15.6. The van der Waals surface area contributed by atoms with E-state index in [1.165, 1.54) is 12.5 Å². The summed E-state index contributed by atoms with van der Waals surface area (Å²) in [4.78, 5) is 85.7. The van der Waals surface area contributed by atoms with Crippen LogP contribution in [0.1, 0.15) is 135 Å². The predicted octanol–water partition coefficient (Wildman–Crippen LogP) is 8.82. The van der Waals surface area contributed by atoms with Gasteiger partial charge in [-0.25, -0.2) is 0 Å². The second kappa shape index (κ2) is 34.3. The van der Waals surface area contributed by atoms with Crippen LogP contribution in [0, 0.1) is 5.41 Å². The van der Waals surface area contributed by atoms with Crippen LogP contribution in [0.4, 0.5) is 0 Å². The van der Waals surface area contributed by atoms with Gasteiger partial charge in [-0.05, 0) is 86.6 Å². The van der Waals surface area contributed by atoms with Crippen molar-refractivity contribution < 1.29 is 28.8 Å². The van der Waals surface area contributed by atoms with E-state index in [1.54, 1.807) is 13.1 Å². The van der Waals surface area contributed by atoms with Gasteiger partial charge in [0, 0.05) is 61.3 Å². The Morgan fingerprint density at radius 1 is 0.644 bits per heavy atom. The van der Waals surface area contributed by atoms with Crippen molar-refractivity contribution in [2.24, 2.45) is 21.9 Å². The van der Waals surface area contributed by atoms with Crippen LogP contribution in [-0.2, 0) is 48.0 Å². The first-order chi connectivity index (χ1) is 35.2. The minimum atomic E-state index is -1.10. The van der Waals surface area contributed by atoms with Gasteiger partial charge in [-0.15, -0.1) is 0 Å². The molecule has 1 saturated carbocycles. The number of aromatic amines is 1. The van der Waals surface area contributed by atoms with Crippen molar-refractivity contribution in [2.75, 3.05) is 13.1 Å². The molecule has 14 heteroatoms. The van der Waals surface area contributed by atoms with Crippen molar-refractivity contribution in [1.29, 1.82) is 0 Å². The number of fused-ring (bicyclic) bond motifs is 1. The highest BCUT2D eigenvalue weighted by Gasteiger charge is 2.40. The number of nitrogens with zero attached hydrogens (tertiary/aromatic N) is 1. The number of carbonyl (C=O) groups excluding carboxylic acids is 6. The number of benzene rings is 4. The van der Waals surface area contributed by atoms with Crippen molar-refractivity contribution in [1.82, 2.24) is 26.3 Å². The first kappa shape index (κ1) is 62.0. The Morgan fingerprint density at radius 3 is 1.74 bits per heavy atom. The Labute approximate surface area is 434 Å². The first-order valence-corrected chi connectivity index (χ1v) is 26.1. The average Bonchev–Trinajstić information content (AvgIpc) is 3.81. The molecular formula is C59H84N8O6. The van der Waals surface area contributed by atoms with Gasteiger partial charge in [0.25, 0.3) is 0 Å². The molecule has 4 amide bonds. The van der Waals surface area contributed by atoms with Crippen molar-refractivity contribution >= 4 is 52.1 Å². The van der Waals surface area contributed by atoms with Gasteiger partial charge in [-0.2, -0.15) is 0 Å². The largest absolute Gasteiger partial charge is 0.370 e. The highest BCUT2D eigenvalue weighted by atomic mass is 16.2. The molecule has 2 unspecified atom stereocenters. The summed E-state index contributed by atoms with van der Waals surface area (Å²) in [5, 5.41) is 12.5. The Bertz CT molecular complexity index is 2430. The fourth-order valence-corrected chi connectivity index (χ4v) is 8.35. The quantitative estimate of drug-likeness (QED) is 0.0213. The molecule has 14 nitrogen and oxygen atoms in total. The summed E-state index contributed by atoms with van der Waals surface area (Å²) in [6.07, 6.45) is 6.36. The van der Waals surface area contributed by atoms with Crippen LogP contribution in [0.15, 0.2) is 126 Å². The number of nitrogens with two attached hydrogens (primary N) is 2. The average molecular weight is 1000 g/mol. The van der Waals surface area contributed by atoms with Gasteiger partial charge in [-0.1, -0.05) is 158 Å². The van der Waals surface area contributed by atoms with Crippen molar-refractivity contribution in [2.45, 2.75) is 151 Å². The molecule has 6 rings (SSSR count). The highest BCUT2D eigenvalue weighted by molar-refractivity contribution is 5.95. The lowest BCUT2D eigenvalue weighted by Gasteiger charge is -2.37. The third-order valence-electron chi connectivity index (χ3n) is 12.2. The lowest BCUT2D eigenvalue weighted by Crippen LogP contribution is -2.58. The maximum atomic E-state index is 14.3. The molecule has 0 spiro atoms. The van der Waals surface area contributed by atoms with Crippen molar-refractivity contribution in [3.63, 3.8) is 0 Å². The third kappa shape index (κ3) is 22.1. The van der Waals surface area contributed by atoms with Gasteiger partial charge in [-0.3, -0.25) is 33.8 Å². The van der Waals surface area contributed by atoms with Gasteiger partial charge < -0.3 is 37.7 Å². The van der Waals surface area contributed by atoms with E-state index >= 15 is 0 Å². The number of para-hydroxylation sites is 1. The van der Waals surface area contributed by atoms with Crippen LogP contribution in [0.25, 0.3) is 10.9 Å². The number of amides is 4. The van der Waals surface area contributed by atoms with Gasteiger partial charge in [0.2, 0.25) is 23.6 Å². The monoisotopic (exact) mass is 1000 g/mol. The van der Waals surface area contributed by atoms with Gasteiger partial charge >= 0.3 is 0 Å². The summed E-state index contributed by atoms with van der Waals surface area (Å²) >= 11 is 0. The number of hydrogen-bond donors (Lipinski definition) is 7. The van der Waals surface area contributed by atoms with E-state index in [2.05, 4.69) is 43.4 Å². The molecule has 3 atom stereocenters. The number of aliphatic imine (C=N–C) groups is 1. The Hall–Kier alpha value is -7.09. The van der Waals surface area contributed by atoms with Crippen LogP contribution in [0.3, 0.4) is 0 Å². The zero-order valence-corrected chi connectivity index (χ0v) is 44.9. The number of H-pyrrole nitrogens is 1. The summed E-state index contributed by atoms with van der Waals surface area (Å²) in [6.45, 7) is 17.3. The second-order valence-corrected chi connectivity index (χ2v) is 17.7. The maximum absolute atomic E-state index is 14.3. The van der Waals surface area contributed by atoms with E-state index in [0.29, 0.717) is 31.6 Å². The minimum Gasteiger partial charge on any atom is -0.370 e. The summed E-state index contributed by atoms with van der Waals surface area (Å²) in [5.74, 6) is -1.40. The van der Waals surface area contributed by atoms with E-state index in [9.17, 15) is 28.8 Å². The smallest absolute Gasteiger partial charge is 0.243 e. The minimum absolute atomic E-state index is 0.0814. The van der Waals surface area contributed by atoms with Gasteiger partial charge in [0.15, 0.2) is 5.96 Å². The standard InChI is InChI=1S/C44H56N8O5.C9H10O.3C2H6/c1-29(53)21-25-47-39(54)38(27-33-28-49-35-17-10-9-16-34(33)35)51-40(55)36(18-11-24-48-43(45)46)50-41(56)37(26-30-12-5-3-6-13-30)52-42(57)44(2)22-19-32(20-23-44)31-14-7-4-8-15-31;1-8(10)7-9-5-3-2-4-6-9;3*1-2/h3-10,12-17,28,32,36-38,49H,11,18-27H2,1-2H3,(H,47,54)(H,50,56)(H,51,55)(H,52,57)(H4,45,46,48);2-6H,7H2,1H3;3*1-2H3/t32?,36?,37?,38-,44?;;;;/m0..../s1. The third-order valence-corrected chi connectivity index (χ3v) is 12.2. The van der Waals surface area contributed by atoms with Crippen LogP contribution in [-0.4, -0.2) is 77.4 Å². The number of ketones is 2. The summed E-state index contributed by atoms with van der Waals surface area (Å²) in [5.41, 5.74) is 15.3. The number of Topliss-reactive ketones (excluding diaryl/α,β-unsaturated/α-hetero) is 2. The molecule has 73 heavy (non-hydrogen) atoms. The van der Waals surface area contributed by atoms with E-state index in [4.69, 9.17) is 11.5 Å². The van der Waals surface area contributed by atoms with E-state index in [1.807, 2.05) is 152 Å². The lowest BCUT2D eigenvalue weighted by molar-refractivity contribution is -0.137. The molecule has 0 aliphatic heterocycles. The van der Waals surface area contributed by atoms with E-state index < -0.39 is 41.3 Å². The van der Waals surface area contributed by atoms with Crippen molar-refractivity contribution in [3.8, 4) is 0 Å². The number of guanidine groups is 1. The van der Waals surface area contributed by atoms with Gasteiger partial charge in [0.1, 0.15) is 29.7 Å². The zero-order valence-electron chi connectivity index (χ0n) is 44.9. The lowest BCUT2D eigenvalue weighted by atomic mass is 9.69. The molecule has 1 fully saturated rings. The summed E-state index contributed by atoms with van der Waals surface area (Å²) < 4.78 is 0. The summed E-state index contributed by atoms with van der Waals surface area (Å²) in [6, 6.07) is 34.0. The molecule has 5 aromatic rings. The Morgan fingerprint density at radius 2 is 1.16 bits per heavy atom. The number of nitrogens with one attached hydrogen (secondary N) is 5. The van der Waals surface area contributed by atoms with Gasteiger partial charge in [0.05, 0.1) is 0 Å². The SMILES string of the molecule is CC.CC.CC.CC(=O)CCNC(=O)[C@H](Cc1c[nH]c2ccccc12)NC(=O)C(CCCN=C(N)N)NC(=O)C(Cc1ccccc1)NC(=O)C1(C)CCC(c2ccccc2)CC1.CC(=O)Cc1ccccc1. The Kier molecular flexibility index (Phi) is 29.2. The van der Waals surface area contributed by atoms with Crippen LogP contribution in [0.2, 0.25) is 0 Å². The number of hydrogen-bond acceptors (Lipinski definition) is 7. The number of rotatable bonds is 21. The predicted molar refractivity (Wildman–Crippen MR) is 297 cm³/mol. The highest BCUT2D eigenvalue weighted by Crippen LogP contribution is 2.43. The molecule has 1 aliphatic carbocycles. The first-order valence-electron chi connectivity index (χ1n) is 26.1. The Balaban J connectivity index is 0.000000990. The molecule has 1 aromatic heterocycles. The number of aromatic nitrogens is 1. The molecule has 1 heterocycles. The van der Waals surface area contributed by atoms with Crippen LogP contribution >= 0.6 is 0 Å². The zero-order chi connectivity index (χ0) is 54.2. The molecule has 0 bridgehead atoms.